The Labute approximate surface area is 124 Å². The largest absolute Gasteiger partial charge is 0.360 e. The fourth-order valence-corrected chi connectivity index (χ4v) is 2.71. The second-order valence-electron chi connectivity index (χ2n) is 5.03. The molecule has 0 aliphatic rings. The monoisotopic (exact) mass is 293 g/mol. The van der Waals surface area contributed by atoms with Crippen molar-refractivity contribution in [3.63, 3.8) is 0 Å². The Morgan fingerprint density at radius 3 is 3.10 bits per heavy atom. The zero-order valence-corrected chi connectivity index (χ0v) is 13.1. The van der Waals surface area contributed by atoms with Gasteiger partial charge < -0.3 is 9.84 Å². The van der Waals surface area contributed by atoms with Crippen LogP contribution in [0.4, 0.5) is 0 Å². The van der Waals surface area contributed by atoms with Crippen LogP contribution in [0.1, 0.15) is 29.7 Å². The van der Waals surface area contributed by atoms with Crippen molar-refractivity contribution in [3.8, 4) is 0 Å². The van der Waals surface area contributed by atoms with E-state index in [4.69, 9.17) is 4.52 Å². The van der Waals surface area contributed by atoms with Gasteiger partial charge in [0.05, 0.1) is 12.2 Å². The minimum absolute atomic E-state index is 0.788. The lowest BCUT2D eigenvalue weighted by molar-refractivity contribution is 0.274. The van der Waals surface area contributed by atoms with Gasteiger partial charge in [0.25, 0.3) is 0 Å². The summed E-state index contributed by atoms with van der Waals surface area (Å²) in [6, 6.07) is 6.33. The van der Waals surface area contributed by atoms with E-state index in [2.05, 4.69) is 46.9 Å². The van der Waals surface area contributed by atoms with Crippen LogP contribution in [-0.4, -0.2) is 30.2 Å². The van der Waals surface area contributed by atoms with Gasteiger partial charge in [0.15, 0.2) is 5.76 Å². The molecule has 0 unspecified atom stereocenters. The van der Waals surface area contributed by atoms with Gasteiger partial charge in [0, 0.05) is 24.0 Å². The van der Waals surface area contributed by atoms with Crippen LogP contribution in [0, 0.1) is 0 Å². The van der Waals surface area contributed by atoms with E-state index in [9.17, 15) is 0 Å². The second-order valence-corrected chi connectivity index (χ2v) is 6.06. The predicted molar refractivity (Wildman–Crippen MR) is 82.9 cm³/mol. The first-order chi connectivity index (χ1) is 9.78. The zero-order valence-electron chi connectivity index (χ0n) is 12.3. The Morgan fingerprint density at radius 2 is 2.35 bits per heavy atom. The summed E-state index contributed by atoms with van der Waals surface area (Å²) >= 11 is 1.82. The van der Waals surface area contributed by atoms with Crippen molar-refractivity contribution in [2.75, 3.05) is 20.1 Å². The van der Waals surface area contributed by atoms with E-state index in [0.29, 0.717) is 0 Å². The molecule has 2 aromatic rings. The molecule has 0 aliphatic carbocycles. The van der Waals surface area contributed by atoms with Crippen LogP contribution >= 0.6 is 11.3 Å². The summed E-state index contributed by atoms with van der Waals surface area (Å²) in [5.41, 5.74) is 0.986. The summed E-state index contributed by atoms with van der Waals surface area (Å²) in [5, 5.41) is 9.54. The van der Waals surface area contributed by atoms with Crippen molar-refractivity contribution in [1.29, 1.82) is 0 Å². The molecular weight excluding hydrogens is 270 g/mol. The number of hydrogen-bond acceptors (Lipinski definition) is 5. The van der Waals surface area contributed by atoms with Crippen LogP contribution in [0.25, 0.3) is 0 Å². The fourth-order valence-electron chi connectivity index (χ4n) is 2.01. The number of rotatable bonds is 9. The summed E-state index contributed by atoms with van der Waals surface area (Å²) in [6.07, 6.45) is 2.23. The molecule has 2 rings (SSSR count). The molecule has 5 heteroatoms. The lowest BCUT2D eigenvalue weighted by atomic mass is 10.3. The van der Waals surface area contributed by atoms with Crippen LogP contribution < -0.4 is 5.32 Å². The SMILES string of the molecule is CCCNCc1cc(CN(C)CCc2cccs2)on1. The van der Waals surface area contributed by atoms with E-state index < -0.39 is 0 Å². The molecule has 4 nitrogen and oxygen atoms in total. The fraction of sp³-hybridized carbons (Fsp3) is 0.533. The molecule has 0 bridgehead atoms. The second kappa shape index (κ2) is 8.19. The van der Waals surface area contributed by atoms with E-state index in [0.717, 1.165) is 50.5 Å². The van der Waals surface area contributed by atoms with Gasteiger partial charge in [-0.15, -0.1) is 11.3 Å². The number of thiophene rings is 1. The Bertz CT molecular complexity index is 481. The predicted octanol–water partition coefficient (Wildman–Crippen LogP) is 2.91. The van der Waals surface area contributed by atoms with Crippen molar-refractivity contribution in [1.82, 2.24) is 15.4 Å². The number of hydrogen-bond donors (Lipinski definition) is 1. The van der Waals surface area contributed by atoms with Gasteiger partial charge in [-0.3, -0.25) is 4.90 Å². The third-order valence-electron chi connectivity index (χ3n) is 3.09. The summed E-state index contributed by atoms with van der Waals surface area (Å²) in [5.74, 6) is 0.937. The van der Waals surface area contributed by atoms with Crippen LogP contribution in [0.5, 0.6) is 0 Å². The van der Waals surface area contributed by atoms with Crippen molar-refractivity contribution < 1.29 is 4.52 Å². The average molecular weight is 293 g/mol. The highest BCUT2D eigenvalue weighted by molar-refractivity contribution is 7.09. The molecule has 0 aliphatic heterocycles. The molecule has 1 N–H and O–H groups in total. The van der Waals surface area contributed by atoms with Crippen molar-refractivity contribution in [3.05, 3.63) is 39.9 Å². The normalized spacial score (nSPS) is 11.3. The maximum atomic E-state index is 5.37. The Morgan fingerprint density at radius 1 is 1.45 bits per heavy atom. The van der Waals surface area contributed by atoms with Gasteiger partial charge >= 0.3 is 0 Å². The van der Waals surface area contributed by atoms with Gasteiger partial charge in [-0.1, -0.05) is 18.1 Å². The molecule has 110 valence electrons. The third kappa shape index (κ3) is 5.07. The molecule has 0 radical (unpaired) electrons. The van der Waals surface area contributed by atoms with Crippen LogP contribution in [0.3, 0.4) is 0 Å². The summed E-state index contributed by atoms with van der Waals surface area (Å²) in [7, 11) is 2.12. The van der Waals surface area contributed by atoms with Crippen molar-refractivity contribution in [2.24, 2.45) is 0 Å². The Balaban J connectivity index is 1.72. The standard InChI is InChI=1S/C15H23N3OS/c1-3-7-16-11-13-10-14(19-17-13)12-18(2)8-6-15-5-4-9-20-15/h4-5,9-10,16H,3,6-8,11-12H2,1-2H3. The summed E-state index contributed by atoms with van der Waals surface area (Å²) < 4.78 is 5.37. The molecule has 20 heavy (non-hydrogen) atoms. The third-order valence-corrected chi connectivity index (χ3v) is 4.02. The minimum atomic E-state index is 0.788. The number of likely N-dealkylation sites (N-methyl/N-ethyl adjacent to an activating group) is 1. The highest BCUT2D eigenvalue weighted by Crippen LogP contribution is 2.11. The zero-order chi connectivity index (χ0) is 14.2. The van der Waals surface area contributed by atoms with E-state index in [1.54, 1.807) is 0 Å². The van der Waals surface area contributed by atoms with E-state index >= 15 is 0 Å². The lowest BCUT2D eigenvalue weighted by Gasteiger charge is -2.13. The van der Waals surface area contributed by atoms with Gasteiger partial charge in [-0.25, -0.2) is 0 Å². The first kappa shape index (κ1) is 15.2. The molecular formula is C15H23N3OS. The first-order valence-electron chi connectivity index (χ1n) is 7.14. The van der Waals surface area contributed by atoms with Gasteiger partial charge in [0.2, 0.25) is 0 Å². The Hall–Kier alpha value is -1.17. The minimum Gasteiger partial charge on any atom is -0.360 e. The number of nitrogens with one attached hydrogen (secondary N) is 1. The molecule has 2 aromatic heterocycles. The lowest BCUT2D eigenvalue weighted by Crippen LogP contribution is -2.20. The Kier molecular flexibility index (Phi) is 6.24. The van der Waals surface area contributed by atoms with Crippen LogP contribution in [0.15, 0.2) is 28.1 Å². The highest BCUT2D eigenvalue weighted by atomic mass is 32.1. The summed E-state index contributed by atoms with van der Waals surface area (Å²) in [4.78, 5) is 3.70. The van der Waals surface area contributed by atoms with Gasteiger partial charge in [0.1, 0.15) is 0 Å². The molecule has 0 atom stereocenters. The van der Waals surface area contributed by atoms with Crippen molar-refractivity contribution in [2.45, 2.75) is 32.9 Å². The molecule has 0 fully saturated rings. The molecule has 0 aromatic carbocycles. The van der Waals surface area contributed by atoms with E-state index in [-0.39, 0.29) is 0 Å². The van der Waals surface area contributed by atoms with Crippen LogP contribution in [-0.2, 0) is 19.5 Å². The van der Waals surface area contributed by atoms with E-state index in [1.165, 1.54) is 4.88 Å². The summed E-state index contributed by atoms with van der Waals surface area (Å²) in [6.45, 7) is 5.81. The van der Waals surface area contributed by atoms with Gasteiger partial charge in [-0.05, 0) is 37.9 Å². The molecule has 0 saturated carbocycles. The van der Waals surface area contributed by atoms with E-state index in [1.807, 2.05) is 17.4 Å². The molecule has 0 amide bonds. The molecule has 0 spiro atoms. The first-order valence-corrected chi connectivity index (χ1v) is 8.02. The number of nitrogens with zero attached hydrogens (tertiary/aromatic N) is 2. The smallest absolute Gasteiger partial charge is 0.151 e. The molecule has 2 heterocycles. The maximum Gasteiger partial charge on any atom is 0.151 e. The molecule has 0 saturated heterocycles. The average Bonchev–Trinajstić information content (AvgIpc) is 3.08. The quantitative estimate of drug-likeness (QED) is 0.722. The van der Waals surface area contributed by atoms with Crippen LogP contribution in [0.2, 0.25) is 0 Å². The topological polar surface area (TPSA) is 41.3 Å². The highest BCUT2D eigenvalue weighted by Gasteiger charge is 2.07. The van der Waals surface area contributed by atoms with Crippen molar-refractivity contribution >= 4 is 11.3 Å². The maximum absolute atomic E-state index is 5.37. The van der Waals surface area contributed by atoms with Gasteiger partial charge in [-0.2, -0.15) is 0 Å². The number of aromatic nitrogens is 1.